The van der Waals surface area contributed by atoms with Crippen LogP contribution < -0.4 is 10.0 Å². The van der Waals surface area contributed by atoms with E-state index in [2.05, 4.69) is 34.0 Å². The van der Waals surface area contributed by atoms with Crippen LogP contribution in [-0.2, 0) is 35.6 Å². The summed E-state index contributed by atoms with van der Waals surface area (Å²) in [6.07, 6.45) is 1.01. The molecule has 5 rings (SSSR count). The molecule has 0 aromatic heterocycles. The summed E-state index contributed by atoms with van der Waals surface area (Å²) in [5.74, 6) is 3.75. The van der Waals surface area contributed by atoms with Crippen molar-refractivity contribution in [1.29, 1.82) is 0 Å². The van der Waals surface area contributed by atoms with E-state index in [0.717, 1.165) is 39.6 Å². The Bertz CT molecular complexity index is 1930. The van der Waals surface area contributed by atoms with Gasteiger partial charge in [0.25, 0.3) is 5.91 Å². The van der Waals surface area contributed by atoms with Crippen LogP contribution in [0.1, 0.15) is 57.4 Å². The zero-order valence-electron chi connectivity index (χ0n) is 26.9. The largest absolute Gasteiger partial charge is 0.467 e. The van der Waals surface area contributed by atoms with E-state index < -0.39 is 39.8 Å². The predicted molar refractivity (Wildman–Crippen MR) is 182 cm³/mol. The number of sulfonamides is 1. The Kier molecular flexibility index (Phi) is 10.7. The molecule has 1 amide bonds. The Labute approximate surface area is 280 Å². The Morgan fingerprint density at radius 2 is 1.35 bits per heavy atom. The smallest absolute Gasteiger partial charge is 0.328 e. The van der Waals surface area contributed by atoms with E-state index in [-0.39, 0.29) is 25.5 Å². The van der Waals surface area contributed by atoms with E-state index in [1.54, 1.807) is 55.5 Å². The van der Waals surface area contributed by atoms with E-state index >= 15 is 0 Å². The van der Waals surface area contributed by atoms with Gasteiger partial charge < -0.3 is 14.8 Å². The van der Waals surface area contributed by atoms with Gasteiger partial charge >= 0.3 is 11.9 Å². The first-order chi connectivity index (χ1) is 23.0. The molecule has 1 aliphatic rings. The highest BCUT2D eigenvalue weighted by Crippen LogP contribution is 2.44. The minimum Gasteiger partial charge on any atom is -0.467 e. The highest BCUT2D eigenvalue weighted by Gasteiger charge is 2.32. The molecule has 0 radical (unpaired) electrons. The molecular formula is C38H36N2O7S. The van der Waals surface area contributed by atoms with Gasteiger partial charge in [-0.15, -0.1) is 0 Å². The van der Waals surface area contributed by atoms with Gasteiger partial charge in [-0.1, -0.05) is 79.4 Å². The number of methoxy groups -OCH3 is 1. The van der Waals surface area contributed by atoms with Gasteiger partial charge in [-0.05, 0) is 70.1 Å². The lowest BCUT2D eigenvalue weighted by molar-refractivity contribution is -0.147. The number of hydrogen-bond acceptors (Lipinski definition) is 7. The average Bonchev–Trinajstić information content (AvgIpc) is 3.41. The lowest BCUT2D eigenvalue weighted by Crippen LogP contribution is -2.46. The average molecular weight is 665 g/mol. The Morgan fingerprint density at radius 1 is 0.812 bits per heavy atom. The summed E-state index contributed by atoms with van der Waals surface area (Å²) < 4.78 is 35.7. The third-order valence-corrected chi connectivity index (χ3v) is 8.83. The van der Waals surface area contributed by atoms with Gasteiger partial charge in [-0.25, -0.2) is 17.9 Å². The standard InChI is InChI=1S/C38H36N2O7S/c1-25(22-35(41)47-24-34-32-10-6-4-8-30(32)31-9-5-7-11-33(31)34)36(38(43)46-2)40-37(42)29-20-18-27(19-21-29)13-12-26-14-16-28(17-15-26)23-39-48(3,44)45/h4-11,14-21,25,34,36,39H,22-24H2,1-3H3,(H,40,42)/t25-,36-/m0/s1. The maximum Gasteiger partial charge on any atom is 0.328 e. The van der Waals surface area contributed by atoms with Crippen molar-refractivity contribution in [2.24, 2.45) is 5.92 Å². The lowest BCUT2D eigenvalue weighted by atomic mass is 9.97. The van der Waals surface area contributed by atoms with Crippen molar-refractivity contribution in [1.82, 2.24) is 10.0 Å². The van der Waals surface area contributed by atoms with Crippen LogP contribution in [0.3, 0.4) is 0 Å². The summed E-state index contributed by atoms with van der Waals surface area (Å²) in [6.45, 7) is 2.05. The molecule has 0 bridgehead atoms. The summed E-state index contributed by atoms with van der Waals surface area (Å²) in [5.41, 5.74) is 6.99. The normalized spacial score (nSPS) is 13.2. The number of amides is 1. The molecule has 10 heteroatoms. The maximum atomic E-state index is 13.1. The number of carbonyl (C=O) groups excluding carboxylic acids is 3. The van der Waals surface area contributed by atoms with Gasteiger partial charge in [-0.2, -0.15) is 0 Å². The monoisotopic (exact) mass is 664 g/mol. The Balaban J connectivity index is 1.17. The van der Waals surface area contributed by atoms with E-state index in [4.69, 9.17) is 9.47 Å². The summed E-state index contributed by atoms with van der Waals surface area (Å²) in [6, 6.07) is 28.8. The number of ether oxygens (including phenoxy) is 2. The molecule has 1 aliphatic carbocycles. The summed E-state index contributed by atoms with van der Waals surface area (Å²) in [5, 5.41) is 2.71. The van der Waals surface area contributed by atoms with Crippen molar-refractivity contribution < 1.29 is 32.3 Å². The van der Waals surface area contributed by atoms with Crippen LogP contribution in [-0.4, -0.2) is 52.3 Å². The molecule has 48 heavy (non-hydrogen) atoms. The van der Waals surface area contributed by atoms with E-state index in [1.165, 1.54) is 7.11 Å². The van der Waals surface area contributed by atoms with Crippen molar-refractivity contribution in [2.45, 2.75) is 31.8 Å². The first-order valence-electron chi connectivity index (χ1n) is 15.4. The number of hydrogen-bond donors (Lipinski definition) is 2. The number of rotatable bonds is 11. The van der Waals surface area contributed by atoms with E-state index in [9.17, 15) is 22.8 Å². The van der Waals surface area contributed by atoms with Crippen molar-refractivity contribution in [3.63, 3.8) is 0 Å². The fourth-order valence-electron chi connectivity index (χ4n) is 5.61. The molecule has 0 heterocycles. The molecule has 0 spiro atoms. The maximum absolute atomic E-state index is 13.1. The molecule has 0 fully saturated rings. The molecular weight excluding hydrogens is 628 g/mol. The van der Waals surface area contributed by atoms with Crippen molar-refractivity contribution >= 4 is 27.9 Å². The zero-order valence-corrected chi connectivity index (χ0v) is 27.7. The molecule has 0 aliphatic heterocycles. The van der Waals surface area contributed by atoms with Crippen molar-refractivity contribution in [3.8, 4) is 23.0 Å². The van der Waals surface area contributed by atoms with Crippen LogP contribution in [0.2, 0.25) is 0 Å². The molecule has 2 N–H and O–H groups in total. The summed E-state index contributed by atoms with van der Waals surface area (Å²) >= 11 is 0. The van der Waals surface area contributed by atoms with Gasteiger partial charge in [0.2, 0.25) is 10.0 Å². The number of carbonyl (C=O) groups is 3. The molecule has 4 aromatic rings. The second-order valence-electron chi connectivity index (χ2n) is 11.7. The first kappa shape index (κ1) is 34.1. The minimum absolute atomic E-state index is 0.0859. The second-order valence-corrected chi connectivity index (χ2v) is 13.5. The number of nitrogens with one attached hydrogen (secondary N) is 2. The molecule has 4 aromatic carbocycles. The molecule has 0 saturated heterocycles. The van der Waals surface area contributed by atoms with E-state index in [0.29, 0.717) is 11.1 Å². The minimum atomic E-state index is -3.28. The predicted octanol–water partition coefficient (Wildman–Crippen LogP) is 4.79. The van der Waals surface area contributed by atoms with Crippen molar-refractivity contribution in [2.75, 3.05) is 20.0 Å². The Morgan fingerprint density at radius 3 is 1.90 bits per heavy atom. The van der Waals surface area contributed by atoms with Crippen molar-refractivity contribution in [3.05, 3.63) is 130 Å². The van der Waals surface area contributed by atoms with Gasteiger partial charge in [0.05, 0.1) is 19.8 Å². The second kappa shape index (κ2) is 15.1. The number of fused-ring (bicyclic) bond motifs is 3. The fraction of sp³-hybridized carbons (Fsp3) is 0.237. The highest BCUT2D eigenvalue weighted by molar-refractivity contribution is 7.88. The van der Waals surface area contributed by atoms with Crippen LogP contribution in [0.15, 0.2) is 97.1 Å². The van der Waals surface area contributed by atoms with Gasteiger partial charge in [0.1, 0.15) is 12.6 Å². The Hall–Kier alpha value is -5.24. The van der Waals surface area contributed by atoms with Crippen LogP contribution >= 0.6 is 0 Å². The molecule has 0 unspecified atom stereocenters. The molecule has 9 nitrogen and oxygen atoms in total. The number of benzene rings is 4. The summed E-state index contributed by atoms with van der Waals surface area (Å²) in [7, 11) is -2.05. The topological polar surface area (TPSA) is 128 Å². The molecule has 246 valence electrons. The third-order valence-electron chi connectivity index (χ3n) is 8.16. The van der Waals surface area contributed by atoms with Gasteiger partial charge in [-0.3, -0.25) is 9.59 Å². The van der Waals surface area contributed by atoms with Crippen LogP contribution in [0.5, 0.6) is 0 Å². The van der Waals surface area contributed by atoms with E-state index in [1.807, 2.05) is 36.4 Å². The summed E-state index contributed by atoms with van der Waals surface area (Å²) in [4.78, 5) is 38.8. The first-order valence-corrected chi connectivity index (χ1v) is 17.3. The lowest BCUT2D eigenvalue weighted by Gasteiger charge is -2.23. The van der Waals surface area contributed by atoms with Crippen LogP contribution in [0.25, 0.3) is 11.1 Å². The van der Waals surface area contributed by atoms with Gasteiger partial charge in [0, 0.05) is 29.2 Å². The van der Waals surface area contributed by atoms with Gasteiger partial charge in [0.15, 0.2) is 0 Å². The third kappa shape index (κ3) is 8.56. The quantitative estimate of drug-likeness (QED) is 0.174. The SMILES string of the molecule is COC(=O)[C@@H](NC(=O)c1ccc(C#Cc2ccc(CNS(C)(=O)=O)cc2)cc1)[C@@H](C)CC(=O)OCC1c2ccccc2-c2ccccc21. The fourth-order valence-corrected chi connectivity index (χ4v) is 6.04. The number of esters is 2. The molecule has 2 atom stereocenters. The molecule has 0 saturated carbocycles. The van der Waals surface area contributed by atoms with Crippen LogP contribution in [0, 0.1) is 17.8 Å². The zero-order chi connectivity index (χ0) is 34.3. The highest BCUT2D eigenvalue weighted by atomic mass is 32.2. The van der Waals surface area contributed by atoms with Crippen LogP contribution in [0.4, 0.5) is 0 Å².